The van der Waals surface area contributed by atoms with Crippen LogP contribution < -0.4 is 4.74 Å². The molecule has 3 nitrogen and oxygen atoms in total. The van der Waals surface area contributed by atoms with Crippen molar-refractivity contribution in [3.8, 4) is 5.75 Å². The highest BCUT2D eigenvalue weighted by Crippen LogP contribution is 2.24. The van der Waals surface area contributed by atoms with Crippen LogP contribution >= 0.6 is 0 Å². The van der Waals surface area contributed by atoms with E-state index < -0.39 is 18.5 Å². The smallest absolute Gasteiger partial charge is 0.387 e. The standard InChI is InChI=1S/C12H14F2O3/c1-2-3-10(11(15)16)8-4-6-9(7-5-8)17-12(13)14/h4-7,10,12H,2-3H2,1H3,(H,15,16). The van der Waals surface area contributed by atoms with Gasteiger partial charge in [-0.05, 0) is 24.1 Å². The molecule has 1 rings (SSSR count). The molecule has 1 atom stereocenters. The minimum absolute atomic E-state index is 0.0318. The maximum atomic E-state index is 11.9. The Kier molecular flexibility index (Phi) is 4.87. The third kappa shape index (κ3) is 4.01. The Balaban J connectivity index is 2.80. The molecule has 0 spiro atoms. The normalized spacial score (nSPS) is 12.5. The molecule has 0 aromatic heterocycles. The summed E-state index contributed by atoms with van der Waals surface area (Å²) in [7, 11) is 0. The van der Waals surface area contributed by atoms with E-state index in [2.05, 4.69) is 4.74 Å². The van der Waals surface area contributed by atoms with Crippen LogP contribution in [-0.2, 0) is 4.79 Å². The third-order valence-corrected chi connectivity index (χ3v) is 2.38. The fourth-order valence-corrected chi connectivity index (χ4v) is 1.60. The Morgan fingerprint density at radius 1 is 1.35 bits per heavy atom. The lowest BCUT2D eigenvalue weighted by atomic mass is 9.95. The Hall–Kier alpha value is -1.65. The fraction of sp³-hybridized carbons (Fsp3) is 0.417. The van der Waals surface area contributed by atoms with Gasteiger partial charge in [-0.1, -0.05) is 25.5 Å². The number of halogens is 2. The first kappa shape index (κ1) is 13.4. The minimum atomic E-state index is -2.87. The molecule has 0 aliphatic heterocycles. The number of carboxylic acids is 1. The number of ether oxygens (including phenoxy) is 1. The highest BCUT2D eigenvalue weighted by molar-refractivity contribution is 5.76. The van der Waals surface area contributed by atoms with Gasteiger partial charge < -0.3 is 9.84 Å². The zero-order valence-electron chi connectivity index (χ0n) is 9.40. The van der Waals surface area contributed by atoms with Gasteiger partial charge in [0.2, 0.25) is 0 Å². The van der Waals surface area contributed by atoms with Gasteiger partial charge in [0.1, 0.15) is 5.75 Å². The molecule has 5 heteroatoms. The van der Waals surface area contributed by atoms with Gasteiger partial charge in [-0.3, -0.25) is 4.79 Å². The summed E-state index contributed by atoms with van der Waals surface area (Å²) in [4.78, 5) is 11.0. The average Bonchev–Trinajstić information content (AvgIpc) is 2.26. The first-order valence-corrected chi connectivity index (χ1v) is 5.32. The first-order chi connectivity index (χ1) is 8.04. The number of benzene rings is 1. The molecule has 94 valence electrons. The van der Waals surface area contributed by atoms with Crippen LogP contribution in [0.25, 0.3) is 0 Å². The molecule has 0 bridgehead atoms. The summed E-state index contributed by atoms with van der Waals surface area (Å²) in [5.41, 5.74) is 0.598. The van der Waals surface area contributed by atoms with Crippen LogP contribution in [0.5, 0.6) is 5.75 Å². The molecule has 1 N–H and O–H groups in total. The largest absolute Gasteiger partial charge is 0.481 e. The van der Waals surface area contributed by atoms with Gasteiger partial charge in [-0.15, -0.1) is 0 Å². The molecular weight excluding hydrogens is 230 g/mol. The van der Waals surface area contributed by atoms with E-state index in [-0.39, 0.29) is 5.75 Å². The van der Waals surface area contributed by atoms with Crippen LogP contribution in [0.4, 0.5) is 8.78 Å². The van der Waals surface area contributed by atoms with Gasteiger partial charge >= 0.3 is 12.6 Å². The van der Waals surface area contributed by atoms with E-state index in [4.69, 9.17) is 5.11 Å². The van der Waals surface area contributed by atoms with Crippen molar-refractivity contribution in [2.75, 3.05) is 0 Å². The zero-order chi connectivity index (χ0) is 12.8. The molecule has 0 saturated heterocycles. The molecule has 17 heavy (non-hydrogen) atoms. The Labute approximate surface area is 98.0 Å². The monoisotopic (exact) mass is 244 g/mol. The number of carboxylic acid groups (broad SMARTS) is 1. The van der Waals surface area contributed by atoms with Gasteiger partial charge in [0.05, 0.1) is 5.92 Å². The molecule has 0 fully saturated rings. The number of rotatable bonds is 6. The Bertz CT molecular complexity index is 363. The van der Waals surface area contributed by atoms with E-state index in [1.165, 1.54) is 24.3 Å². The Morgan fingerprint density at radius 2 is 1.94 bits per heavy atom. The van der Waals surface area contributed by atoms with Crippen LogP contribution in [0.15, 0.2) is 24.3 Å². The molecule has 0 aliphatic rings. The summed E-state index contributed by atoms with van der Waals surface area (Å²) in [5, 5.41) is 9.02. The topological polar surface area (TPSA) is 46.5 Å². The summed E-state index contributed by atoms with van der Waals surface area (Å²) < 4.78 is 28.0. The number of hydrogen-bond acceptors (Lipinski definition) is 2. The van der Waals surface area contributed by atoms with Gasteiger partial charge in [-0.2, -0.15) is 8.78 Å². The van der Waals surface area contributed by atoms with E-state index in [0.717, 1.165) is 6.42 Å². The number of carbonyl (C=O) groups is 1. The van der Waals surface area contributed by atoms with Gasteiger partial charge in [0, 0.05) is 0 Å². The lowest BCUT2D eigenvalue weighted by molar-refractivity contribution is -0.139. The van der Waals surface area contributed by atoms with Crippen LogP contribution in [0.2, 0.25) is 0 Å². The first-order valence-electron chi connectivity index (χ1n) is 5.32. The molecule has 0 saturated carbocycles. The van der Waals surface area contributed by atoms with Gasteiger partial charge in [0.15, 0.2) is 0 Å². The average molecular weight is 244 g/mol. The van der Waals surface area contributed by atoms with Crippen LogP contribution in [0.1, 0.15) is 31.2 Å². The maximum absolute atomic E-state index is 11.9. The summed E-state index contributed by atoms with van der Waals surface area (Å²) >= 11 is 0. The van der Waals surface area contributed by atoms with Crippen molar-refractivity contribution in [1.82, 2.24) is 0 Å². The highest BCUT2D eigenvalue weighted by Gasteiger charge is 2.18. The molecule has 1 aromatic rings. The maximum Gasteiger partial charge on any atom is 0.387 e. The van der Waals surface area contributed by atoms with Crippen LogP contribution in [0, 0.1) is 0 Å². The van der Waals surface area contributed by atoms with E-state index in [1.54, 1.807) is 0 Å². The summed E-state index contributed by atoms with van der Waals surface area (Å²) in [6.45, 7) is -0.976. The van der Waals surface area contributed by atoms with Crippen molar-refractivity contribution in [1.29, 1.82) is 0 Å². The minimum Gasteiger partial charge on any atom is -0.481 e. The quantitative estimate of drug-likeness (QED) is 0.835. The molecule has 0 radical (unpaired) electrons. The second-order valence-corrected chi connectivity index (χ2v) is 3.63. The second kappa shape index (κ2) is 6.18. The lowest BCUT2D eigenvalue weighted by Crippen LogP contribution is -2.11. The van der Waals surface area contributed by atoms with Crippen molar-refractivity contribution < 1.29 is 23.4 Å². The fourth-order valence-electron chi connectivity index (χ4n) is 1.60. The van der Waals surface area contributed by atoms with Gasteiger partial charge in [0.25, 0.3) is 0 Å². The predicted octanol–water partition coefficient (Wildman–Crippen LogP) is 3.26. The SMILES string of the molecule is CCCC(C(=O)O)c1ccc(OC(F)F)cc1. The van der Waals surface area contributed by atoms with Crippen molar-refractivity contribution in [3.05, 3.63) is 29.8 Å². The van der Waals surface area contributed by atoms with E-state index >= 15 is 0 Å². The van der Waals surface area contributed by atoms with Crippen LogP contribution in [0.3, 0.4) is 0 Å². The molecule has 0 heterocycles. The van der Waals surface area contributed by atoms with Crippen molar-refractivity contribution >= 4 is 5.97 Å². The van der Waals surface area contributed by atoms with Crippen molar-refractivity contribution in [2.45, 2.75) is 32.3 Å². The summed E-state index contributed by atoms with van der Waals surface area (Å²) in [6.07, 6.45) is 1.26. The molecule has 1 unspecified atom stereocenters. The van der Waals surface area contributed by atoms with E-state index in [1.807, 2.05) is 6.92 Å². The zero-order valence-corrected chi connectivity index (χ0v) is 9.40. The number of alkyl halides is 2. The third-order valence-electron chi connectivity index (χ3n) is 2.38. The second-order valence-electron chi connectivity index (χ2n) is 3.63. The molecule has 0 amide bonds. The summed E-state index contributed by atoms with van der Waals surface area (Å²) in [5.74, 6) is -1.47. The van der Waals surface area contributed by atoms with E-state index in [0.29, 0.717) is 12.0 Å². The summed E-state index contributed by atoms with van der Waals surface area (Å²) in [6, 6.07) is 5.72. The van der Waals surface area contributed by atoms with Crippen molar-refractivity contribution in [3.63, 3.8) is 0 Å². The highest BCUT2D eigenvalue weighted by atomic mass is 19.3. The lowest BCUT2D eigenvalue weighted by Gasteiger charge is -2.12. The molecule has 0 aliphatic carbocycles. The number of hydrogen-bond donors (Lipinski definition) is 1. The Morgan fingerprint density at radius 3 is 2.35 bits per heavy atom. The van der Waals surface area contributed by atoms with E-state index in [9.17, 15) is 13.6 Å². The van der Waals surface area contributed by atoms with Crippen LogP contribution in [-0.4, -0.2) is 17.7 Å². The molecule has 1 aromatic carbocycles. The van der Waals surface area contributed by atoms with Crippen molar-refractivity contribution in [2.24, 2.45) is 0 Å². The predicted molar refractivity (Wildman–Crippen MR) is 58.4 cm³/mol. The number of aliphatic carboxylic acids is 1. The molecular formula is C12H14F2O3. The van der Waals surface area contributed by atoms with Gasteiger partial charge in [-0.25, -0.2) is 0 Å².